The Labute approximate surface area is 122 Å². The van der Waals surface area contributed by atoms with Gasteiger partial charge >= 0.3 is 0 Å². The quantitative estimate of drug-likeness (QED) is 0.635. The molecule has 4 nitrogen and oxygen atoms in total. The summed E-state index contributed by atoms with van der Waals surface area (Å²) >= 11 is 5.94. The van der Waals surface area contributed by atoms with Gasteiger partial charge in [0.1, 0.15) is 6.54 Å². The summed E-state index contributed by atoms with van der Waals surface area (Å²) < 4.78 is 0. The number of nitrogens with one attached hydrogen (secondary N) is 2. The van der Waals surface area contributed by atoms with E-state index in [1.165, 1.54) is 0 Å². The lowest BCUT2D eigenvalue weighted by Gasteiger charge is -2.08. The molecule has 0 aliphatic heterocycles. The van der Waals surface area contributed by atoms with E-state index in [4.69, 9.17) is 16.4 Å². The third kappa shape index (κ3) is 4.66. The van der Waals surface area contributed by atoms with Gasteiger partial charge in [-0.25, -0.2) is 0 Å². The summed E-state index contributed by atoms with van der Waals surface area (Å²) in [6, 6.07) is 16.8. The van der Waals surface area contributed by atoms with Crippen LogP contribution in [0.3, 0.4) is 0 Å². The summed E-state index contributed by atoms with van der Waals surface area (Å²) in [7, 11) is 0. The maximum atomic E-state index is 11.7. The molecule has 0 unspecified atom stereocenters. The van der Waals surface area contributed by atoms with Crippen LogP contribution in [0, 0.1) is 0 Å². The van der Waals surface area contributed by atoms with Gasteiger partial charge < -0.3 is 5.32 Å². The van der Waals surface area contributed by atoms with Crippen molar-refractivity contribution in [3.8, 4) is 0 Å². The van der Waals surface area contributed by atoms with E-state index in [1.807, 2.05) is 30.3 Å². The van der Waals surface area contributed by atoms with Crippen LogP contribution in [-0.4, -0.2) is 12.5 Å². The van der Waals surface area contributed by atoms with Crippen molar-refractivity contribution in [2.45, 2.75) is 6.61 Å². The number of halogens is 1. The van der Waals surface area contributed by atoms with Crippen molar-refractivity contribution in [2.24, 2.45) is 0 Å². The number of hydroxylamine groups is 1. The Kier molecular flexibility index (Phi) is 5.55. The largest absolute Gasteiger partial charge is 0.324 e. The van der Waals surface area contributed by atoms with E-state index >= 15 is 0 Å². The molecule has 0 heterocycles. The van der Waals surface area contributed by atoms with Gasteiger partial charge in [0.15, 0.2) is 0 Å². The maximum Gasteiger partial charge on any atom is 0.240 e. The SMILES string of the molecule is O=C(CNOCc1ccccc1)Nc1ccccc1Cl. The maximum absolute atomic E-state index is 11.7. The number of benzene rings is 2. The molecule has 0 saturated carbocycles. The van der Waals surface area contributed by atoms with Crippen molar-refractivity contribution < 1.29 is 9.63 Å². The van der Waals surface area contributed by atoms with E-state index in [0.29, 0.717) is 17.3 Å². The molecule has 0 spiro atoms. The molecule has 0 aromatic heterocycles. The molecular weight excluding hydrogens is 276 g/mol. The van der Waals surface area contributed by atoms with Gasteiger partial charge in [-0.3, -0.25) is 9.63 Å². The summed E-state index contributed by atoms with van der Waals surface area (Å²) in [4.78, 5) is 16.9. The Balaban J connectivity index is 1.69. The van der Waals surface area contributed by atoms with Crippen molar-refractivity contribution in [2.75, 3.05) is 11.9 Å². The fourth-order valence-corrected chi connectivity index (χ4v) is 1.77. The Bertz CT molecular complexity index is 561. The first-order chi connectivity index (χ1) is 9.75. The van der Waals surface area contributed by atoms with Crippen molar-refractivity contribution in [3.63, 3.8) is 0 Å². The van der Waals surface area contributed by atoms with Crippen molar-refractivity contribution >= 4 is 23.2 Å². The fraction of sp³-hybridized carbons (Fsp3) is 0.133. The highest BCUT2D eigenvalue weighted by atomic mass is 35.5. The van der Waals surface area contributed by atoms with Gasteiger partial charge in [0.2, 0.25) is 5.91 Å². The van der Waals surface area contributed by atoms with Gasteiger partial charge in [-0.2, -0.15) is 5.48 Å². The number of carbonyl (C=O) groups excluding carboxylic acids is 1. The molecule has 2 rings (SSSR count). The minimum absolute atomic E-state index is 0.0536. The minimum Gasteiger partial charge on any atom is -0.324 e. The molecule has 1 amide bonds. The molecular formula is C15H15ClN2O2. The van der Waals surface area contributed by atoms with Crippen LogP contribution < -0.4 is 10.8 Å². The zero-order valence-corrected chi connectivity index (χ0v) is 11.6. The second-order valence-electron chi connectivity index (χ2n) is 4.12. The lowest BCUT2D eigenvalue weighted by atomic mass is 10.2. The van der Waals surface area contributed by atoms with Crippen LogP contribution >= 0.6 is 11.6 Å². The number of anilines is 1. The third-order valence-corrected chi connectivity index (χ3v) is 2.89. The van der Waals surface area contributed by atoms with Crippen LogP contribution in [0.1, 0.15) is 5.56 Å². The monoisotopic (exact) mass is 290 g/mol. The van der Waals surface area contributed by atoms with Crippen LogP contribution in [0.5, 0.6) is 0 Å². The first-order valence-corrected chi connectivity index (χ1v) is 6.56. The molecule has 2 N–H and O–H groups in total. The molecule has 0 aliphatic carbocycles. The number of carbonyl (C=O) groups is 1. The van der Waals surface area contributed by atoms with Crippen LogP contribution in [0.15, 0.2) is 54.6 Å². The number of hydrogen-bond acceptors (Lipinski definition) is 3. The van der Waals surface area contributed by atoms with Crippen molar-refractivity contribution in [3.05, 3.63) is 65.2 Å². The predicted octanol–water partition coefficient (Wildman–Crippen LogP) is 3.00. The van der Waals surface area contributed by atoms with Crippen LogP contribution in [0.25, 0.3) is 0 Å². The van der Waals surface area contributed by atoms with E-state index in [2.05, 4.69) is 10.8 Å². The fourth-order valence-electron chi connectivity index (χ4n) is 1.58. The molecule has 0 saturated heterocycles. The van der Waals surface area contributed by atoms with E-state index < -0.39 is 0 Å². The Hall–Kier alpha value is -1.88. The van der Waals surface area contributed by atoms with Crippen molar-refractivity contribution in [1.82, 2.24) is 5.48 Å². The van der Waals surface area contributed by atoms with Gasteiger partial charge in [0.25, 0.3) is 0 Å². The summed E-state index contributed by atoms with van der Waals surface area (Å²) in [5.74, 6) is -0.217. The summed E-state index contributed by atoms with van der Waals surface area (Å²) in [6.45, 7) is 0.457. The molecule has 2 aromatic carbocycles. The average Bonchev–Trinajstić information content (AvgIpc) is 2.47. The topological polar surface area (TPSA) is 50.4 Å². The molecule has 2 aromatic rings. The van der Waals surface area contributed by atoms with Crippen LogP contribution in [0.4, 0.5) is 5.69 Å². The predicted molar refractivity (Wildman–Crippen MR) is 79.3 cm³/mol. The summed E-state index contributed by atoms with van der Waals surface area (Å²) in [5.41, 5.74) is 4.24. The number of hydrogen-bond donors (Lipinski definition) is 2. The van der Waals surface area contributed by atoms with E-state index in [1.54, 1.807) is 24.3 Å². The van der Waals surface area contributed by atoms with E-state index in [0.717, 1.165) is 5.56 Å². The minimum atomic E-state index is -0.217. The normalized spacial score (nSPS) is 10.2. The highest BCUT2D eigenvalue weighted by molar-refractivity contribution is 6.33. The van der Waals surface area contributed by atoms with Gasteiger partial charge in [-0.15, -0.1) is 0 Å². The van der Waals surface area contributed by atoms with E-state index in [9.17, 15) is 4.79 Å². The summed E-state index contributed by atoms with van der Waals surface area (Å²) in [5, 5.41) is 3.20. The van der Waals surface area contributed by atoms with Gasteiger partial charge in [-0.05, 0) is 17.7 Å². The number of rotatable bonds is 6. The molecule has 0 fully saturated rings. The molecule has 0 radical (unpaired) electrons. The molecule has 0 bridgehead atoms. The van der Waals surface area contributed by atoms with Crippen LogP contribution in [-0.2, 0) is 16.2 Å². The molecule has 104 valence electrons. The summed E-state index contributed by atoms with van der Waals surface area (Å²) in [6.07, 6.45) is 0. The Morgan fingerprint density at radius 1 is 1.05 bits per heavy atom. The Morgan fingerprint density at radius 3 is 2.50 bits per heavy atom. The average molecular weight is 291 g/mol. The Morgan fingerprint density at radius 2 is 1.75 bits per heavy atom. The molecule has 0 atom stereocenters. The van der Waals surface area contributed by atoms with Gasteiger partial charge in [0, 0.05) is 0 Å². The molecule has 0 aliphatic rings. The zero-order chi connectivity index (χ0) is 14.2. The van der Waals surface area contributed by atoms with Gasteiger partial charge in [-0.1, -0.05) is 54.1 Å². The van der Waals surface area contributed by atoms with E-state index in [-0.39, 0.29) is 12.5 Å². The first kappa shape index (κ1) is 14.5. The lowest BCUT2D eigenvalue weighted by molar-refractivity contribution is -0.118. The lowest BCUT2D eigenvalue weighted by Crippen LogP contribution is -2.28. The highest BCUT2D eigenvalue weighted by Gasteiger charge is 2.04. The number of para-hydroxylation sites is 1. The zero-order valence-electron chi connectivity index (χ0n) is 10.8. The van der Waals surface area contributed by atoms with Crippen LogP contribution in [0.2, 0.25) is 5.02 Å². The third-order valence-electron chi connectivity index (χ3n) is 2.56. The second kappa shape index (κ2) is 7.65. The smallest absolute Gasteiger partial charge is 0.240 e. The number of amides is 1. The standard InChI is InChI=1S/C15H15ClN2O2/c16-13-8-4-5-9-14(13)18-15(19)10-17-20-11-12-6-2-1-3-7-12/h1-9,17H,10-11H2,(H,18,19). The van der Waals surface area contributed by atoms with Crippen molar-refractivity contribution in [1.29, 1.82) is 0 Å². The highest BCUT2D eigenvalue weighted by Crippen LogP contribution is 2.19. The molecule has 20 heavy (non-hydrogen) atoms. The second-order valence-corrected chi connectivity index (χ2v) is 4.53. The van der Waals surface area contributed by atoms with Gasteiger partial charge in [0.05, 0.1) is 17.3 Å². The molecule has 5 heteroatoms. The first-order valence-electron chi connectivity index (χ1n) is 6.18.